The highest BCUT2D eigenvalue weighted by Crippen LogP contribution is 2.18. The number of hydrogen-bond acceptors (Lipinski definition) is 4. The van der Waals surface area contributed by atoms with Crippen molar-refractivity contribution in [3.8, 4) is 0 Å². The average molecular weight is 341 g/mol. The van der Waals surface area contributed by atoms with Gasteiger partial charge in [0, 0.05) is 30.3 Å². The Morgan fingerprint density at radius 3 is 3.05 bits per heavy atom. The van der Waals surface area contributed by atoms with Crippen molar-refractivity contribution >= 4 is 27.7 Å². The van der Waals surface area contributed by atoms with Gasteiger partial charge in [0.05, 0.1) is 5.56 Å². The van der Waals surface area contributed by atoms with Gasteiger partial charge in [-0.1, -0.05) is 0 Å². The van der Waals surface area contributed by atoms with Crippen molar-refractivity contribution in [2.45, 2.75) is 13.3 Å². The maximum absolute atomic E-state index is 12.3. The molecule has 0 bridgehead atoms. The van der Waals surface area contributed by atoms with E-state index >= 15 is 0 Å². The molecule has 0 aromatic carbocycles. The molecular weight excluding hydrogens is 320 g/mol. The summed E-state index contributed by atoms with van der Waals surface area (Å²) in [6.07, 6.45) is 2.84. The van der Waals surface area contributed by atoms with E-state index in [0.717, 1.165) is 37.1 Å². The number of nitrogens with zero attached hydrogens (tertiary/aromatic N) is 2. The third kappa shape index (κ3) is 3.93. The predicted octanol–water partition coefficient (Wildman–Crippen LogP) is 1.96. The number of pyridine rings is 1. The molecule has 1 saturated heterocycles. The second-order valence-electron chi connectivity index (χ2n) is 5.21. The quantitative estimate of drug-likeness (QED) is 0.860. The van der Waals surface area contributed by atoms with Gasteiger partial charge in [0.2, 0.25) is 0 Å². The molecule has 1 fully saturated rings. The lowest BCUT2D eigenvalue weighted by Crippen LogP contribution is -2.31. The molecule has 1 aromatic heterocycles. The molecule has 0 spiro atoms. The van der Waals surface area contributed by atoms with E-state index < -0.39 is 0 Å². The Hall–Kier alpha value is -1.14. The molecule has 1 amide bonds. The van der Waals surface area contributed by atoms with E-state index in [4.69, 9.17) is 0 Å². The average Bonchev–Trinajstić information content (AvgIpc) is 2.84. The summed E-state index contributed by atoms with van der Waals surface area (Å²) in [5, 5.41) is 6.14. The zero-order valence-corrected chi connectivity index (χ0v) is 13.5. The highest BCUT2D eigenvalue weighted by Gasteiger charge is 2.21. The number of hydrogen-bond donors (Lipinski definition) is 2. The smallest absolute Gasteiger partial charge is 0.255 e. The number of rotatable bonds is 5. The maximum Gasteiger partial charge on any atom is 0.255 e. The normalized spacial score (nSPS) is 19.1. The molecular formula is C14H21BrN4O. The van der Waals surface area contributed by atoms with E-state index in [-0.39, 0.29) is 5.91 Å². The SMILES string of the molecule is CCNc1ncc(Br)cc1C(=O)NCC1CCN(C)C1. The van der Waals surface area contributed by atoms with E-state index in [9.17, 15) is 4.79 Å². The molecule has 1 aromatic rings. The number of anilines is 1. The van der Waals surface area contributed by atoms with Gasteiger partial charge in [0.15, 0.2) is 0 Å². The minimum atomic E-state index is -0.0655. The molecule has 6 heteroatoms. The van der Waals surface area contributed by atoms with Crippen LogP contribution in [0.4, 0.5) is 5.82 Å². The fourth-order valence-electron chi connectivity index (χ4n) is 2.45. The predicted molar refractivity (Wildman–Crippen MR) is 84.0 cm³/mol. The molecule has 20 heavy (non-hydrogen) atoms. The van der Waals surface area contributed by atoms with E-state index in [1.54, 1.807) is 12.3 Å². The summed E-state index contributed by atoms with van der Waals surface area (Å²) in [5.41, 5.74) is 0.590. The van der Waals surface area contributed by atoms with Crippen LogP contribution >= 0.6 is 15.9 Å². The molecule has 1 aliphatic rings. The molecule has 110 valence electrons. The zero-order valence-electron chi connectivity index (χ0n) is 11.9. The van der Waals surface area contributed by atoms with E-state index in [2.05, 4.69) is 43.5 Å². The van der Waals surface area contributed by atoms with Crippen LogP contribution in [0.2, 0.25) is 0 Å². The largest absolute Gasteiger partial charge is 0.370 e. The molecule has 1 aliphatic heterocycles. The Bertz CT molecular complexity index is 480. The Morgan fingerprint density at radius 1 is 1.60 bits per heavy atom. The van der Waals surface area contributed by atoms with E-state index in [1.165, 1.54) is 0 Å². The van der Waals surface area contributed by atoms with Crippen LogP contribution in [0.5, 0.6) is 0 Å². The molecule has 2 N–H and O–H groups in total. The highest BCUT2D eigenvalue weighted by molar-refractivity contribution is 9.10. The fraction of sp³-hybridized carbons (Fsp3) is 0.571. The van der Waals surface area contributed by atoms with Crippen molar-refractivity contribution in [3.63, 3.8) is 0 Å². The number of likely N-dealkylation sites (tertiary alicyclic amines) is 1. The van der Waals surface area contributed by atoms with Crippen molar-refractivity contribution in [2.24, 2.45) is 5.92 Å². The summed E-state index contributed by atoms with van der Waals surface area (Å²) in [6.45, 7) is 5.61. The van der Waals surface area contributed by atoms with Crippen LogP contribution in [0.1, 0.15) is 23.7 Å². The molecule has 0 aliphatic carbocycles. The first-order valence-corrected chi connectivity index (χ1v) is 7.75. The third-order valence-corrected chi connectivity index (χ3v) is 3.92. The molecule has 1 unspecified atom stereocenters. The monoisotopic (exact) mass is 340 g/mol. The van der Waals surface area contributed by atoms with Crippen LogP contribution in [-0.4, -0.2) is 49.0 Å². The number of aromatic nitrogens is 1. The van der Waals surface area contributed by atoms with Crippen molar-refractivity contribution in [1.29, 1.82) is 0 Å². The van der Waals surface area contributed by atoms with Gasteiger partial charge in [-0.05, 0) is 54.9 Å². The summed E-state index contributed by atoms with van der Waals surface area (Å²) in [7, 11) is 2.11. The van der Waals surface area contributed by atoms with Crippen molar-refractivity contribution in [2.75, 3.05) is 38.5 Å². The summed E-state index contributed by atoms with van der Waals surface area (Å²) < 4.78 is 0.810. The van der Waals surface area contributed by atoms with Crippen molar-refractivity contribution in [1.82, 2.24) is 15.2 Å². The van der Waals surface area contributed by atoms with Crippen LogP contribution in [-0.2, 0) is 0 Å². The molecule has 1 atom stereocenters. The van der Waals surface area contributed by atoms with Gasteiger partial charge < -0.3 is 15.5 Å². The van der Waals surface area contributed by atoms with Gasteiger partial charge in [-0.15, -0.1) is 0 Å². The molecule has 0 saturated carbocycles. The highest BCUT2D eigenvalue weighted by atomic mass is 79.9. The van der Waals surface area contributed by atoms with Crippen molar-refractivity contribution in [3.05, 3.63) is 22.3 Å². The van der Waals surface area contributed by atoms with Gasteiger partial charge in [-0.2, -0.15) is 0 Å². The minimum Gasteiger partial charge on any atom is -0.370 e. The third-order valence-electron chi connectivity index (χ3n) is 3.48. The molecule has 2 heterocycles. The standard InChI is InChI=1S/C14H21BrN4O/c1-3-16-13-12(6-11(15)8-17-13)14(20)18-7-10-4-5-19(2)9-10/h6,8,10H,3-5,7,9H2,1-2H3,(H,16,17)(H,18,20). The van der Waals surface area contributed by atoms with Gasteiger partial charge in [0.25, 0.3) is 5.91 Å². The number of nitrogens with one attached hydrogen (secondary N) is 2. The number of carbonyl (C=O) groups excluding carboxylic acids is 1. The van der Waals surface area contributed by atoms with Crippen LogP contribution in [0.25, 0.3) is 0 Å². The van der Waals surface area contributed by atoms with Crippen molar-refractivity contribution < 1.29 is 4.79 Å². The number of carbonyl (C=O) groups is 1. The summed E-state index contributed by atoms with van der Waals surface area (Å²) in [5.74, 6) is 1.12. The van der Waals surface area contributed by atoms with Gasteiger partial charge in [-0.3, -0.25) is 4.79 Å². The Kier molecular flexibility index (Phi) is 5.37. The Morgan fingerprint density at radius 2 is 2.40 bits per heavy atom. The Labute approximate surface area is 128 Å². The first kappa shape index (κ1) is 15.3. The molecule has 0 radical (unpaired) electrons. The number of halogens is 1. The van der Waals surface area contributed by atoms with Crippen LogP contribution in [0, 0.1) is 5.92 Å². The molecule has 2 rings (SSSR count). The second-order valence-corrected chi connectivity index (χ2v) is 6.12. The van der Waals surface area contributed by atoms with Gasteiger partial charge in [-0.25, -0.2) is 4.98 Å². The Balaban J connectivity index is 1.99. The fourth-order valence-corrected chi connectivity index (χ4v) is 2.78. The summed E-state index contributed by atoms with van der Waals surface area (Å²) >= 11 is 3.36. The lowest BCUT2D eigenvalue weighted by molar-refractivity contribution is 0.0948. The van der Waals surface area contributed by atoms with E-state index in [1.807, 2.05) is 6.92 Å². The number of amides is 1. The van der Waals surface area contributed by atoms with Gasteiger partial charge in [0.1, 0.15) is 5.82 Å². The summed E-state index contributed by atoms with van der Waals surface area (Å²) in [6, 6.07) is 1.81. The lowest BCUT2D eigenvalue weighted by Gasteiger charge is -2.13. The minimum absolute atomic E-state index is 0.0655. The second kappa shape index (κ2) is 7.04. The van der Waals surface area contributed by atoms with E-state index in [0.29, 0.717) is 17.3 Å². The maximum atomic E-state index is 12.3. The van der Waals surface area contributed by atoms with Crippen LogP contribution in [0.15, 0.2) is 16.7 Å². The van der Waals surface area contributed by atoms with Crippen LogP contribution < -0.4 is 10.6 Å². The first-order chi connectivity index (χ1) is 9.60. The topological polar surface area (TPSA) is 57.3 Å². The first-order valence-electron chi connectivity index (χ1n) is 6.96. The van der Waals surface area contributed by atoms with Gasteiger partial charge >= 0.3 is 0 Å². The van der Waals surface area contributed by atoms with Crippen LogP contribution in [0.3, 0.4) is 0 Å². The summed E-state index contributed by atoms with van der Waals surface area (Å²) in [4.78, 5) is 18.9. The zero-order chi connectivity index (χ0) is 14.5. The molecule has 5 nitrogen and oxygen atoms in total. The lowest BCUT2D eigenvalue weighted by atomic mass is 10.1.